The molecule has 3 nitrogen and oxygen atoms in total. The maximum atomic E-state index is 5.40. The van der Waals surface area contributed by atoms with Crippen LogP contribution in [0.4, 0.5) is 0 Å². The molecule has 0 aliphatic heterocycles. The van der Waals surface area contributed by atoms with E-state index in [0.717, 1.165) is 26.6 Å². The van der Waals surface area contributed by atoms with Gasteiger partial charge in [-0.15, -0.1) is 0 Å². The predicted molar refractivity (Wildman–Crippen MR) is 62.2 cm³/mol. The third-order valence-corrected chi connectivity index (χ3v) is 2.78. The van der Waals surface area contributed by atoms with Crippen LogP contribution in [-0.2, 0) is 0 Å². The molecule has 0 unspecified atom stereocenters. The lowest BCUT2D eigenvalue weighted by Gasteiger charge is -2.01. The molecule has 0 fully saturated rings. The van der Waals surface area contributed by atoms with E-state index in [2.05, 4.69) is 15.0 Å². The van der Waals surface area contributed by atoms with E-state index in [1.165, 1.54) is 0 Å². The summed E-state index contributed by atoms with van der Waals surface area (Å²) >= 11 is 5.40. The average molecular weight is 213 g/mol. The maximum absolute atomic E-state index is 5.40. The first kappa shape index (κ1) is 8.49. The van der Waals surface area contributed by atoms with Gasteiger partial charge in [0.15, 0.2) is 0 Å². The first-order chi connectivity index (χ1) is 7.36. The molecule has 4 heteroatoms. The second kappa shape index (κ2) is 3.10. The monoisotopic (exact) mass is 213 g/mol. The van der Waals surface area contributed by atoms with Crippen molar-refractivity contribution in [2.24, 2.45) is 0 Å². The highest BCUT2D eigenvalue weighted by molar-refractivity contribution is 7.72. The van der Waals surface area contributed by atoms with Crippen LogP contribution in [0, 0.1) is 4.51 Å². The van der Waals surface area contributed by atoms with Crippen LogP contribution >= 0.6 is 12.2 Å². The Hall–Kier alpha value is -1.81. The Kier molecular flexibility index (Phi) is 1.76. The van der Waals surface area contributed by atoms with E-state index in [9.17, 15) is 0 Å². The van der Waals surface area contributed by atoms with Gasteiger partial charge in [-0.1, -0.05) is 12.2 Å². The number of H-pyrrole nitrogens is 1. The molecule has 0 aliphatic carbocycles. The fourth-order valence-corrected chi connectivity index (χ4v) is 1.96. The molecule has 0 radical (unpaired) electrons. The van der Waals surface area contributed by atoms with Crippen LogP contribution in [0.15, 0.2) is 36.7 Å². The van der Waals surface area contributed by atoms with E-state index < -0.39 is 0 Å². The van der Waals surface area contributed by atoms with E-state index >= 15 is 0 Å². The molecule has 1 N–H and O–H groups in total. The van der Waals surface area contributed by atoms with Crippen molar-refractivity contribution in [1.29, 1.82) is 0 Å². The number of hydrogen-bond donors (Lipinski definition) is 1. The van der Waals surface area contributed by atoms with Gasteiger partial charge in [0.1, 0.15) is 11.3 Å². The van der Waals surface area contributed by atoms with Crippen LogP contribution < -0.4 is 0 Å². The minimum Gasteiger partial charge on any atom is -0.324 e. The molecule has 0 atom stereocenters. The summed E-state index contributed by atoms with van der Waals surface area (Å²) in [6.45, 7) is 0. The van der Waals surface area contributed by atoms with Gasteiger partial charge < -0.3 is 4.98 Å². The van der Waals surface area contributed by atoms with Crippen molar-refractivity contribution in [3.8, 4) is 0 Å². The van der Waals surface area contributed by atoms with Gasteiger partial charge in [-0.3, -0.25) is 0 Å². The number of aromatic amines is 1. The van der Waals surface area contributed by atoms with Gasteiger partial charge in [0.05, 0.1) is 4.51 Å². The highest BCUT2D eigenvalue weighted by Gasteiger charge is 2.01. The molecule has 0 amide bonds. The predicted octanol–water partition coefficient (Wildman–Crippen LogP) is 2.84. The van der Waals surface area contributed by atoms with Gasteiger partial charge in [-0.05, 0) is 24.3 Å². The number of nitrogens with zero attached hydrogens (tertiary/aromatic N) is 2. The highest BCUT2D eigenvalue weighted by Crippen LogP contribution is 2.18. The lowest BCUT2D eigenvalue weighted by Crippen LogP contribution is -1.88. The number of hydrogen-bond acceptors (Lipinski definition) is 3. The van der Waals surface area contributed by atoms with Crippen LogP contribution in [0.1, 0.15) is 0 Å². The number of rotatable bonds is 0. The van der Waals surface area contributed by atoms with Crippen molar-refractivity contribution in [1.82, 2.24) is 15.0 Å². The number of pyridine rings is 3. The second-order valence-electron chi connectivity index (χ2n) is 3.25. The van der Waals surface area contributed by atoms with E-state index in [4.69, 9.17) is 12.2 Å². The van der Waals surface area contributed by atoms with Gasteiger partial charge in [0, 0.05) is 23.2 Å². The molecular formula is C11H7N3S. The van der Waals surface area contributed by atoms with Crippen LogP contribution in [-0.4, -0.2) is 15.0 Å². The van der Waals surface area contributed by atoms with Crippen molar-refractivity contribution < 1.29 is 0 Å². The van der Waals surface area contributed by atoms with Crippen molar-refractivity contribution in [3.05, 3.63) is 41.2 Å². The topological polar surface area (TPSA) is 41.6 Å². The zero-order valence-electron chi connectivity index (χ0n) is 7.77. The Morgan fingerprint density at radius 3 is 2.00 bits per heavy atom. The normalized spacial score (nSPS) is 10.9. The molecule has 0 bridgehead atoms. The molecular weight excluding hydrogens is 206 g/mol. The Morgan fingerprint density at radius 2 is 1.47 bits per heavy atom. The summed E-state index contributed by atoms with van der Waals surface area (Å²) in [5.41, 5.74) is 1.57. The minimum atomic E-state index is 0.786. The zero-order valence-corrected chi connectivity index (χ0v) is 8.58. The Balaban J connectivity index is 2.66. The molecule has 0 spiro atoms. The largest absolute Gasteiger partial charge is 0.324 e. The van der Waals surface area contributed by atoms with Crippen molar-refractivity contribution in [2.45, 2.75) is 0 Å². The van der Waals surface area contributed by atoms with Gasteiger partial charge in [0.2, 0.25) is 0 Å². The van der Waals surface area contributed by atoms with Crippen LogP contribution in [0.25, 0.3) is 22.1 Å². The molecule has 0 aromatic carbocycles. The summed E-state index contributed by atoms with van der Waals surface area (Å²) in [6.07, 6.45) is 3.48. The maximum Gasteiger partial charge on any atom is 0.140 e. The number of fused-ring (bicyclic) bond motifs is 2. The molecule has 3 aromatic heterocycles. The Morgan fingerprint density at radius 1 is 0.933 bits per heavy atom. The standard InChI is InChI=1S/C11H7N3S/c15-9-7-3-1-5-12-10(7)14-11-8(9)4-2-6-13-11/h1-6H,(H,12,13,14,15). The minimum absolute atomic E-state index is 0.786. The zero-order chi connectivity index (χ0) is 10.3. The number of aromatic nitrogens is 3. The average Bonchev–Trinajstić information content (AvgIpc) is 2.30. The summed E-state index contributed by atoms with van der Waals surface area (Å²) < 4.78 is 0.806. The van der Waals surface area contributed by atoms with Gasteiger partial charge in [-0.25, -0.2) is 9.97 Å². The molecule has 0 saturated carbocycles. The van der Waals surface area contributed by atoms with Crippen LogP contribution in [0.5, 0.6) is 0 Å². The molecule has 0 aliphatic rings. The Labute approximate surface area is 90.8 Å². The molecule has 72 valence electrons. The van der Waals surface area contributed by atoms with E-state index in [0.29, 0.717) is 0 Å². The van der Waals surface area contributed by atoms with Crippen molar-refractivity contribution >= 4 is 34.3 Å². The SMILES string of the molecule is S=c1c2cccnc2[nH]c2ncccc12. The molecule has 0 saturated heterocycles. The van der Waals surface area contributed by atoms with E-state index in [1.807, 2.05) is 24.3 Å². The van der Waals surface area contributed by atoms with Gasteiger partial charge in [-0.2, -0.15) is 0 Å². The molecule has 15 heavy (non-hydrogen) atoms. The Bertz CT molecular complexity index is 646. The third kappa shape index (κ3) is 1.22. The lowest BCUT2D eigenvalue weighted by atomic mass is 10.2. The lowest BCUT2D eigenvalue weighted by molar-refractivity contribution is 1.27. The fourth-order valence-electron chi connectivity index (χ4n) is 1.63. The smallest absolute Gasteiger partial charge is 0.140 e. The molecule has 3 rings (SSSR count). The quantitative estimate of drug-likeness (QED) is 0.461. The highest BCUT2D eigenvalue weighted by atomic mass is 32.1. The summed E-state index contributed by atoms with van der Waals surface area (Å²) in [7, 11) is 0. The first-order valence-electron chi connectivity index (χ1n) is 4.58. The van der Waals surface area contributed by atoms with Crippen LogP contribution in [0.2, 0.25) is 0 Å². The number of nitrogens with one attached hydrogen (secondary N) is 1. The fraction of sp³-hybridized carbons (Fsp3) is 0. The van der Waals surface area contributed by atoms with Crippen molar-refractivity contribution in [2.75, 3.05) is 0 Å². The summed E-state index contributed by atoms with van der Waals surface area (Å²) in [6, 6.07) is 7.70. The molecule has 3 heterocycles. The first-order valence-corrected chi connectivity index (χ1v) is 4.99. The third-order valence-electron chi connectivity index (χ3n) is 2.34. The molecule has 3 aromatic rings. The van der Waals surface area contributed by atoms with E-state index in [-0.39, 0.29) is 0 Å². The summed E-state index contributed by atoms with van der Waals surface area (Å²) in [5, 5.41) is 1.93. The summed E-state index contributed by atoms with van der Waals surface area (Å²) in [4.78, 5) is 11.6. The van der Waals surface area contributed by atoms with Gasteiger partial charge in [0.25, 0.3) is 0 Å². The summed E-state index contributed by atoms with van der Waals surface area (Å²) in [5.74, 6) is 0. The van der Waals surface area contributed by atoms with Crippen molar-refractivity contribution in [3.63, 3.8) is 0 Å². The second-order valence-corrected chi connectivity index (χ2v) is 3.66. The van der Waals surface area contributed by atoms with Gasteiger partial charge >= 0.3 is 0 Å². The van der Waals surface area contributed by atoms with E-state index in [1.54, 1.807) is 12.4 Å². The van der Waals surface area contributed by atoms with Crippen LogP contribution in [0.3, 0.4) is 0 Å².